The lowest BCUT2D eigenvalue weighted by molar-refractivity contribution is -0.144. The van der Waals surface area contributed by atoms with E-state index in [9.17, 15) is 14.7 Å². The second kappa shape index (κ2) is 5.87. The van der Waals surface area contributed by atoms with Crippen LogP contribution in [0.4, 0.5) is 0 Å². The smallest absolute Gasteiger partial charge is 0.308 e. The van der Waals surface area contributed by atoms with Gasteiger partial charge in [-0.3, -0.25) is 14.3 Å². The van der Waals surface area contributed by atoms with Crippen LogP contribution in [-0.2, 0) is 4.79 Å². The summed E-state index contributed by atoms with van der Waals surface area (Å²) < 4.78 is 1.82. The van der Waals surface area contributed by atoms with Gasteiger partial charge in [0.05, 0.1) is 17.7 Å². The fourth-order valence-corrected chi connectivity index (χ4v) is 3.07. The molecule has 1 amide bonds. The predicted molar refractivity (Wildman–Crippen MR) is 78.2 cm³/mol. The van der Waals surface area contributed by atoms with Gasteiger partial charge >= 0.3 is 5.97 Å². The zero-order valence-corrected chi connectivity index (χ0v) is 13.0. The molecule has 1 aromatic heterocycles. The zero-order valence-electron chi connectivity index (χ0n) is 13.0. The molecule has 1 aliphatic rings. The van der Waals surface area contributed by atoms with Gasteiger partial charge < -0.3 is 10.0 Å². The number of aliphatic carboxylic acids is 1. The number of likely N-dealkylation sites (tertiary alicyclic amines) is 1. The van der Waals surface area contributed by atoms with Crippen LogP contribution >= 0.6 is 0 Å². The summed E-state index contributed by atoms with van der Waals surface area (Å²) >= 11 is 0. The quantitative estimate of drug-likeness (QED) is 0.926. The molecule has 0 radical (unpaired) electrons. The first-order chi connectivity index (χ1) is 9.84. The van der Waals surface area contributed by atoms with E-state index in [1.807, 2.05) is 32.4 Å². The van der Waals surface area contributed by atoms with Crippen molar-refractivity contribution in [3.63, 3.8) is 0 Å². The second-order valence-corrected chi connectivity index (χ2v) is 6.01. The average molecular weight is 293 g/mol. The number of piperidine rings is 1. The summed E-state index contributed by atoms with van der Waals surface area (Å²) in [6, 6.07) is -0.0948. The molecule has 1 saturated heterocycles. The topological polar surface area (TPSA) is 75.4 Å². The summed E-state index contributed by atoms with van der Waals surface area (Å²) in [5.74, 6) is -1.42. The summed E-state index contributed by atoms with van der Waals surface area (Å²) in [4.78, 5) is 25.7. The molecule has 2 atom stereocenters. The molecule has 21 heavy (non-hydrogen) atoms. The van der Waals surface area contributed by atoms with Crippen LogP contribution in [0.2, 0.25) is 0 Å². The van der Waals surface area contributed by atoms with Crippen LogP contribution < -0.4 is 0 Å². The molecule has 1 aliphatic heterocycles. The number of hydrogen-bond acceptors (Lipinski definition) is 3. The molecule has 0 bridgehead atoms. The summed E-state index contributed by atoms with van der Waals surface area (Å²) in [7, 11) is 0. The Balaban J connectivity index is 2.25. The predicted octanol–water partition coefficient (Wildman–Crippen LogP) is 2.10. The Labute approximate surface area is 124 Å². The molecule has 0 aromatic carbocycles. The number of nitrogens with zero attached hydrogens (tertiary/aromatic N) is 3. The number of carbonyl (C=O) groups excluding carboxylic acids is 1. The highest BCUT2D eigenvalue weighted by Gasteiger charge is 2.36. The van der Waals surface area contributed by atoms with Gasteiger partial charge in [0, 0.05) is 24.3 Å². The highest BCUT2D eigenvalue weighted by Crippen LogP contribution is 2.26. The van der Waals surface area contributed by atoms with Crippen molar-refractivity contribution in [1.29, 1.82) is 0 Å². The first kappa shape index (κ1) is 15.5. The van der Waals surface area contributed by atoms with Crippen LogP contribution in [0.5, 0.6) is 0 Å². The maximum absolute atomic E-state index is 12.7. The number of aromatic nitrogens is 2. The van der Waals surface area contributed by atoms with E-state index in [0.717, 1.165) is 12.1 Å². The molecule has 1 aromatic rings. The number of carboxylic acids is 1. The van der Waals surface area contributed by atoms with Gasteiger partial charge in [-0.15, -0.1) is 0 Å². The Hall–Kier alpha value is -1.85. The fraction of sp³-hybridized carbons (Fsp3) is 0.667. The second-order valence-electron chi connectivity index (χ2n) is 6.01. The van der Waals surface area contributed by atoms with Gasteiger partial charge in [0.2, 0.25) is 0 Å². The van der Waals surface area contributed by atoms with E-state index < -0.39 is 11.9 Å². The lowest BCUT2D eigenvalue weighted by Crippen LogP contribution is -2.49. The van der Waals surface area contributed by atoms with Gasteiger partial charge in [0.25, 0.3) is 5.91 Å². The molecule has 0 unspecified atom stereocenters. The molecule has 6 heteroatoms. The largest absolute Gasteiger partial charge is 0.481 e. The number of amides is 1. The number of carboxylic acid groups (broad SMARTS) is 1. The van der Waals surface area contributed by atoms with Crippen molar-refractivity contribution in [3.8, 4) is 0 Å². The van der Waals surface area contributed by atoms with E-state index in [-0.39, 0.29) is 18.0 Å². The van der Waals surface area contributed by atoms with Crippen LogP contribution in [0.1, 0.15) is 55.7 Å². The molecule has 2 heterocycles. The van der Waals surface area contributed by atoms with Crippen molar-refractivity contribution in [3.05, 3.63) is 17.5 Å². The third kappa shape index (κ3) is 2.80. The third-order valence-electron chi connectivity index (χ3n) is 4.33. The van der Waals surface area contributed by atoms with E-state index in [1.54, 1.807) is 11.1 Å². The monoisotopic (exact) mass is 293 g/mol. The molecule has 6 nitrogen and oxygen atoms in total. The van der Waals surface area contributed by atoms with Crippen molar-refractivity contribution in [2.45, 2.75) is 52.6 Å². The lowest BCUT2D eigenvalue weighted by atomic mass is 9.90. The average Bonchev–Trinajstić information content (AvgIpc) is 2.80. The number of hydrogen-bond donors (Lipinski definition) is 1. The van der Waals surface area contributed by atoms with Crippen molar-refractivity contribution in [2.75, 3.05) is 6.54 Å². The SMILES string of the molecule is Cc1c(C(=O)N2CCC[C@H](C(=O)O)[C@@H]2C)cnn1C(C)C. The maximum atomic E-state index is 12.7. The lowest BCUT2D eigenvalue weighted by Gasteiger charge is -2.37. The maximum Gasteiger partial charge on any atom is 0.308 e. The van der Waals surface area contributed by atoms with Crippen LogP contribution in [0, 0.1) is 12.8 Å². The van der Waals surface area contributed by atoms with E-state index in [0.29, 0.717) is 18.5 Å². The minimum Gasteiger partial charge on any atom is -0.481 e. The first-order valence-corrected chi connectivity index (χ1v) is 7.42. The molecule has 1 N–H and O–H groups in total. The Morgan fingerprint density at radius 2 is 2.10 bits per heavy atom. The molecule has 1 fully saturated rings. The standard InChI is InChI=1S/C15H23N3O3/c1-9(2)18-11(4)13(8-16-18)14(19)17-7-5-6-12(10(17)3)15(20)21/h8-10,12H,5-7H2,1-4H3,(H,20,21)/t10-,12-/m0/s1. The molecular formula is C15H23N3O3. The van der Waals surface area contributed by atoms with Gasteiger partial charge in [0.1, 0.15) is 0 Å². The van der Waals surface area contributed by atoms with Crippen molar-refractivity contribution >= 4 is 11.9 Å². The summed E-state index contributed by atoms with van der Waals surface area (Å²) in [6.45, 7) is 8.33. The Morgan fingerprint density at radius 1 is 1.43 bits per heavy atom. The van der Waals surface area contributed by atoms with Gasteiger partial charge in [0.15, 0.2) is 0 Å². The normalized spacial score (nSPS) is 22.6. The van der Waals surface area contributed by atoms with Crippen molar-refractivity contribution < 1.29 is 14.7 Å². The first-order valence-electron chi connectivity index (χ1n) is 7.42. The fourth-order valence-electron chi connectivity index (χ4n) is 3.07. The van der Waals surface area contributed by atoms with Crippen LogP contribution in [-0.4, -0.2) is 44.3 Å². The molecule has 116 valence electrons. The molecule has 0 spiro atoms. The molecule has 0 aliphatic carbocycles. The van der Waals surface area contributed by atoms with Gasteiger partial charge in [-0.05, 0) is 40.5 Å². The highest BCUT2D eigenvalue weighted by atomic mass is 16.4. The van der Waals surface area contributed by atoms with Crippen molar-refractivity contribution in [2.24, 2.45) is 5.92 Å². The van der Waals surface area contributed by atoms with Crippen LogP contribution in [0.25, 0.3) is 0 Å². The van der Waals surface area contributed by atoms with E-state index in [4.69, 9.17) is 0 Å². The van der Waals surface area contributed by atoms with E-state index in [1.165, 1.54) is 0 Å². The third-order valence-corrected chi connectivity index (χ3v) is 4.33. The summed E-state index contributed by atoms with van der Waals surface area (Å²) in [6.07, 6.45) is 2.95. The van der Waals surface area contributed by atoms with Crippen LogP contribution in [0.15, 0.2) is 6.20 Å². The Kier molecular flexibility index (Phi) is 4.34. The highest BCUT2D eigenvalue weighted by molar-refractivity contribution is 5.95. The Bertz CT molecular complexity index is 550. The van der Waals surface area contributed by atoms with E-state index >= 15 is 0 Å². The minimum atomic E-state index is -0.824. The van der Waals surface area contributed by atoms with Gasteiger partial charge in [-0.1, -0.05) is 0 Å². The summed E-state index contributed by atoms with van der Waals surface area (Å²) in [5.41, 5.74) is 1.40. The minimum absolute atomic E-state index is 0.113. The van der Waals surface area contributed by atoms with Gasteiger partial charge in [-0.2, -0.15) is 5.10 Å². The number of carbonyl (C=O) groups is 2. The van der Waals surface area contributed by atoms with Gasteiger partial charge in [-0.25, -0.2) is 0 Å². The van der Waals surface area contributed by atoms with Crippen LogP contribution in [0.3, 0.4) is 0 Å². The van der Waals surface area contributed by atoms with E-state index in [2.05, 4.69) is 5.10 Å². The number of rotatable bonds is 3. The zero-order chi connectivity index (χ0) is 15.7. The Morgan fingerprint density at radius 3 is 2.62 bits per heavy atom. The summed E-state index contributed by atoms with van der Waals surface area (Å²) in [5, 5.41) is 13.5. The molecule has 0 saturated carbocycles. The van der Waals surface area contributed by atoms with Crippen molar-refractivity contribution in [1.82, 2.24) is 14.7 Å². The molecular weight excluding hydrogens is 270 g/mol. The molecule has 2 rings (SSSR count).